The Hall–Kier alpha value is -3.06. The molecule has 4 rings (SSSR count). The number of hydrogen-bond acceptors (Lipinski definition) is 6. The first-order valence-corrected chi connectivity index (χ1v) is 9.30. The number of nitrogens with one attached hydrogen (secondary N) is 2. The molecule has 28 heavy (non-hydrogen) atoms. The summed E-state index contributed by atoms with van der Waals surface area (Å²) in [6, 6.07) is 11.5. The molecule has 0 radical (unpaired) electrons. The Morgan fingerprint density at radius 3 is 2.79 bits per heavy atom. The highest BCUT2D eigenvalue weighted by Crippen LogP contribution is 2.36. The van der Waals surface area contributed by atoms with Gasteiger partial charge in [-0.1, -0.05) is 54.9 Å². The Kier molecular flexibility index (Phi) is 4.92. The monoisotopic (exact) mass is 398 g/mol. The summed E-state index contributed by atoms with van der Waals surface area (Å²) in [6.07, 6.45) is 0. The molecule has 0 atom stereocenters. The Balaban J connectivity index is 1.45. The van der Waals surface area contributed by atoms with Crippen molar-refractivity contribution in [2.75, 3.05) is 17.2 Å². The molecule has 0 saturated carbocycles. The number of nitrogens with zero attached hydrogens (tertiary/aromatic N) is 2. The zero-order valence-corrected chi connectivity index (χ0v) is 16.2. The van der Waals surface area contributed by atoms with Gasteiger partial charge in [-0.25, -0.2) is 0 Å². The topological polar surface area (TPSA) is 89.3 Å². The molecule has 1 aromatic heterocycles. The molecule has 0 bridgehead atoms. The smallest absolute Gasteiger partial charge is 0.262 e. The van der Waals surface area contributed by atoms with E-state index in [9.17, 15) is 4.79 Å². The van der Waals surface area contributed by atoms with Crippen molar-refractivity contribution >= 4 is 28.9 Å². The number of aromatic nitrogens is 2. The average Bonchev–Trinajstić information content (AvgIpc) is 3.15. The molecular formula is C20H19ClN4O3. The first kappa shape index (κ1) is 18.3. The molecule has 2 N–H and O–H groups in total. The van der Waals surface area contributed by atoms with E-state index in [0.29, 0.717) is 46.3 Å². The molecule has 1 aliphatic heterocycles. The molecule has 0 saturated heterocycles. The fourth-order valence-corrected chi connectivity index (χ4v) is 3.10. The predicted octanol–water partition coefficient (Wildman–Crippen LogP) is 4.46. The fraction of sp³-hybridized carbons (Fsp3) is 0.250. The van der Waals surface area contributed by atoms with Crippen LogP contribution in [-0.2, 0) is 11.3 Å². The Labute approximate surface area is 167 Å². The highest BCUT2D eigenvalue weighted by Gasteiger charge is 2.18. The van der Waals surface area contributed by atoms with Crippen LogP contribution in [0.4, 0.5) is 11.4 Å². The second-order valence-corrected chi connectivity index (χ2v) is 7.21. The van der Waals surface area contributed by atoms with Gasteiger partial charge in [0.25, 0.3) is 5.91 Å². The van der Waals surface area contributed by atoms with E-state index in [1.54, 1.807) is 12.1 Å². The number of amides is 1. The van der Waals surface area contributed by atoms with Gasteiger partial charge in [0.2, 0.25) is 11.7 Å². The lowest BCUT2D eigenvalue weighted by Gasteiger charge is -2.19. The van der Waals surface area contributed by atoms with E-state index in [-0.39, 0.29) is 12.5 Å². The van der Waals surface area contributed by atoms with Crippen molar-refractivity contribution in [1.82, 2.24) is 10.1 Å². The van der Waals surface area contributed by atoms with Gasteiger partial charge in [0, 0.05) is 11.6 Å². The van der Waals surface area contributed by atoms with Gasteiger partial charge in [0.05, 0.1) is 22.9 Å². The lowest BCUT2D eigenvalue weighted by atomic mass is 10.0. The predicted molar refractivity (Wildman–Crippen MR) is 107 cm³/mol. The van der Waals surface area contributed by atoms with Crippen molar-refractivity contribution in [3.05, 3.63) is 52.9 Å². The van der Waals surface area contributed by atoms with Crippen LogP contribution in [0.15, 0.2) is 40.9 Å². The number of carbonyl (C=O) groups is 1. The molecule has 2 aromatic carbocycles. The molecule has 2 heterocycles. The number of anilines is 2. The van der Waals surface area contributed by atoms with Crippen molar-refractivity contribution in [1.29, 1.82) is 0 Å². The number of rotatable bonds is 5. The van der Waals surface area contributed by atoms with Crippen LogP contribution in [0.3, 0.4) is 0 Å². The maximum atomic E-state index is 11.4. The average molecular weight is 399 g/mol. The fourth-order valence-electron chi connectivity index (χ4n) is 2.87. The van der Waals surface area contributed by atoms with E-state index in [1.807, 2.05) is 12.1 Å². The Bertz CT molecular complexity index is 1010. The Morgan fingerprint density at radius 1 is 1.25 bits per heavy atom. The first-order chi connectivity index (χ1) is 13.5. The first-order valence-electron chi connectivity index (χ1n) is 8.92. The third-order valence-corrected chi connectivity index (χ3v) is 4.75. The normalized spacial score (nSPS) is 13.1. The van der Waals surface area contributed by atoms with Gasteiger partial charge in [0.1, 0.15) is 5.75 Å². The number of carbonyl (C=O) groups excluding carboxylic acids is 1. The van der Waals surface area contributed by atoms with Crippen LogP contribution in [0.25, 0.3) is 11.4 Å². The SMILES string of the molecule is CC(C)c1ccc(-c2noc(CNc3cc4c(cc3Cl)NC(=O)CO4)n2)cc1. The minimum absolute atomic E-state index is 0.0172. The van der Waals surface area contributed by atoms with E-state index in [2.05, 4.69) is 46.8 Å². The summed E-state index contributed by atoms with van der Waals surface area (Å²) < 4.78 is 10.7. The lowest BCUT2D eigenvalue weighted by molar-refractivity contribution is -0.118. The van der Waals surface area contributed by atoms with E-state index in [4.69, 9.17) is 20.9 Å². The molecule has 0 aliphatic carbocycles. The van der Waals surface area contributed by atoms with Gasteiger partial charge in [-0.2, -0.15) is 4.98 Å². The van der Waals surface area contributed by atoms with Crippen LogP contribution in [0.5, 0.6) is 5.75 Å². The van der Waals surface area contributed by atoms with Crippen LogP contribution in [-0.4, -0.2) is 22.7 Å². The number of benzene rings is 2. The lowest BCUT2D eigenvalue weighted by Crippen LogP contribution is -2.25. The second kappa shape index (κ2) is 7.52. The number of ether oxygens (including phenoxy) is 1. The summed E-state index contributed by atoms with van der Waals surface area (Å²) in [5.41, 5.74) is 3.36. The van der Waals surface area contributed by atoms with Crippen molar-refractivity contribution in [3.8, 4) is 17.1 Å². The van der Waals surface area contributed by atoms with Gasteiger partial charge in [-0.3, -0.25) is 4.79 Å². The van der Waals surface area contributed by atoms with Gasteiger partial charge >= 0.3 is 0 Å². The summed E-state index contributed by atoms with van der Waals surface area (Å²) in [4.78, 5) is 15.8. The van der Waals surface area contributed by atoms with Crippen LogP contribution >= 0.6 is 11.6 Å². The van der Waals surface area contributed by atoms with E-state index in [1.165, 1.54) is 5.56 Å². The maximum absolute atomic E-state index is 11.4. The van der Waals surface area contributed by atoms with Gasteiger partial charge in [0.15, 0.2) is 6.61 Å². The molecule has 0 spiro atoms. The van der Waals surface area contributed by atoms with Gasteiger partial charge in [-0.15, -0.1) is 0 Å². The van der Waals surface area contributed by atoms with Gasteiger partial charge in [-0.05, 0) is 17.5 Å². The third-order valence-electron chi connectivity index (χ3n) is 4.44. The maximum Gasteiger partial charge on any atom is 0.262 e. The van der Waals surface area contributed by atoms with E-state index in [0.717, 1.165) is 5.56 Å². The molecule has 144 valence electrons. The van der Waals surface area contributed by atoms with Crippen LogP contribution < -0.4 is 15.4 Å². The molecule has 0 fully saturated rings. The van der Waals surface area contributed by atoms with Crippen molar-refractivity contribution < 1.29 is 14.1 Å². The van der Waals surface area contributed by atoms with Crippen molar-refractivity contribution in [3.63, 3.8) is 0 Å². The van der Waals surface area contributed by atoms with E-state index < -0.39 is 0 Å². The highest BCUT2D eigenvalue weighted by molar-refractivity contribution is 6.33. The Morgan fingerprint density at radius 2 is 2.04 bits per heavy atom. The molecule has 0 unspecified atom stereocenters. The highest BCUT2D eigenvalue weighted by atomic mass is 35.5. The second-order valence-electron chi connectivity index (χ2n) is 6.81. The standard InChI is InChI=1S/C20H19ClN4O3/c1-11(2)12-3-5-13(6-4-12)20-24-19(28-25-20)9-22-15-8-17-16(7-14(15)21)23-18(26)10-27-17/h3-8,11,22H,9-10H2,1-2H3,(H,23,26). The molecule has 8 heteroatoms. The zero-order valence-electron chi connectivity index (χ0n) is 15.5. The van der Waals surface area contributed by atoms with E-state index >= 15 is 0 Å². The largest absolute Gasteiger partial charge is 0.482 e. The van der Waals surface area contributed by atoms with Gasteiger partial charge < -0.3 is 19.9 Å². The summed E-state index contributed by atoms with van der Waals surface area (Å²) in [5, 5.41) is 10.4. The van der Waals surface area contributed by atoms with Crippen molar-refractivity contribution in [2.45, 2.75) is 26.3 Å². The summed E-state index contributed by atoms with van der Waals surface area (Å²) in [5.74, 6) is 1.80. The minimum Gasteiger partial charge on any atom is -0.482 e. The molecule has 1 aliphatic rings. The molecule has 7 nitrogen and oxygen atoms in total. The number of halogens is 1. The van der Waals surface area contributed by atoms with Crippen LogP contribution in [0.1, 0.15) is 31.2 Å². The summed E-state index contributed by atoms with van der Waals surface area (Å²) >= 11 is 6.28. The van der Waals surface area contributed by atoms with Crippen LogP contribution in [0.2, 0.25) is 5.02 Å². The zero-order chi connectivity index (χ0) is 19.7. The number of hydrogen-bond donors (Lipinski definition) is 2. The molecular weight excluding hydrogens is 380 g/mol. The minimum atomic E-state index is -0.205. The summed E-state index contributed by atoms with van der Waals surface area (Å²) in [6.45, 7) is 4.59. The van der Waals surface area contributed by atoms with Crippen molar-refractivity contribution in [2.24, 2.45) is 0 Å². The quantitative estimate of drug-likeness (QED) is 0.659. The summed E-state index contributed by atoms with van der Waals surface area (Å²) in [7, 11) is 0. The third kappa shape index (κ3) is 3.80. The molecule has 1 amide bonds. The number of fused-ring (bicyclic) bond motifs is 1. The molecule has 3 aromatic rings. The van der Waals surface area contributed by atoms with Crippen LogP contribution in [0, 0.1) is 0 Å².